The van der Waals surface area contributed by atoms with E-state index in [2.05, 4.69) is 12.2 Å². The Balaban J connectivity index is 1.99. The standard InChI is InChI=1S/C15H21FN2O/c1-11(8-13-4-3-5-14(16)9-13)15(19)18-7-6-17-10-12(18)2/h3-5,9,11-12,17H,6-8,10H2,1-2H3/t11?,12-/m0/s1. The van der Waals surface area contributed by atoms with E-state index >= 15 is 0 Å². The number of benzene rings is 1. The Hall–Kier alpha value is -1.42. The van der Waals surface area contributed by atoms with E-state index in [1.54, 1.807) is 6.07 Å². The fourth-order valence-corrected chi connectivity index (χ4v) is 2.56. The number of carbonyl (C=O) groups is 1. The summed E-state index contributed by atoms with van der Waals surface area (Å²) in [5, 5.41) is 3.27. The predicted molar refractivity (Wildman–Crippen MR) is 73.3 cm³/mol. The molecular weight excluding hydrogens is 243 g/mol. The number of carbonyl (C=O) groups excluding carboxylic acids is 1. The van der Waals surface area contributed by atoms with Gasteiger partial charge >= 0.3 is 0 Å². The predicted octanol–water partition coefficient (Wildman–Crippen LogP) is 1.82. The van der Waals surface area contributed by atoms with Crippen LogP contribution in [0.4, 0.5) is 4.39 Å². The summed E-state index contributed by atoms with van der Waals surface area (Å²) in [5.74, 6) is -0.187. The lowest BCUT2D eigenvalue weighted by Crippen LogP contribution is -2.53. The van der Waals surface area contributed by atoms with Crippen LogP contribution >= 0.6 is 0 Å². The van der Waals surface area contributed by atoms with Gasteiger partial charge in [-0.3, -0.25) is 4.79 Å². The van der Waals surface area contributed by atoms with Crippen molar-refractivity contribution >= 4 is 5.91 Å². The quantitative estimate of drug-likeness (QED) is 0.903. The third-order valence-corrected chi connectivity index (χ3v) is 3.64. The fraction of sp³-hybridized carbons (Fsp3) is 0.533. The summed E-state index contributed by atoms with van der Waals surface area (Å²) in [6.45, 7) is 6.43. The van der Waals surface area contributed by atoms with Gasteiger partial charge in [-0.1, -0.05) is 19.1 Å². The number of nitrogens with zero attached hydrogens (tertiary/aromatic N) is 1. The number of rotatable bonds is 3. The molecule has 1 aliphatic heterocycles. The minimum atomic E-state index is -0.243. The van der Waals surface area contributed by atoms with Crippen LogP contribution in [0.2, 0.25) is 0 Å². The van der Waals surface area contributed by atoms with Crippen LogP contribution in [0.15, 0.2) is 24.3 Å². The summed E-state index contributed by atoms with van der Waals surface area (Å²) < 4.78 is 13.1. The molecule has 1 heterocycles. The zero-order valence-corrected chi connectivity index (χ0v) is 11.5. The molecule has 1 aromatic carbocycles. The molecule has 3 nitrogen and oxygen atoms in total. The summed E-state index contributed by atoms with van der Waals surface area (Å²) in [6, 6.07) is 6.72. The van der Waals surface area contributed by atoms with Gasteiger partial charge in [0.2, 0.25) is 5.91 Å². The zero-order valence-electron chi connectivity index (χ0n) is 11.5. The summed E-state index contributed by atoms with van der Waals surface area (Å²) in [4.78, 5) is 14.3. The molecule has 1 N–H and O–H groups in total. The smallest absolute Gasteiger partial charge is 0.226 e. The lowest BCUT2D eigenvalue weighted by atomic mass is 9.98. The fourth-order valence-electron chi connectivity index (χ4n) is 2.56. The molecule has 2 atom stereocenters. The van der Waals surface area contributed by atoms with Crippen LogP contribution in [0.3, 0.4) is 0 Å². The molecule has 2 rings (SSSR count). The lowest BCUT2D eigenvalue weighted by molar-refractivity contribution is -0.137. The minimum absolute atomic E-state index is 0.109. The van der Waals surface area contributed by atoms with Gasteiger partial charge in [0, 0.05) is 31.6 Å². The molecule has 0 aliphatic carbocycles. The molecular formula is C15H21FN2O. The second-order valence-electron chi connectivity index (χ2n) is 5.32. The van der Waals surface area contributed by atoms with Gasteiger partial charge in [0.25, 0.3) is 0 Å². The van der Waals surface area contributed by atoms with E-state index < -0.39 is 0 Å². The van der Waals surface area contributed by atoms with Gasteiger partial charge in [0.1, 0.15) is 5.82 Å². The Morgan fingerprint density at radius 3 is 3.05 bits per heavy atom. The Bertz CT molecular complexity index is 450. The Labute approximate surface area is 113 Å². The average molecular weight is 264 g/mol. The van der Waals surface area contributed by atoms with Crippen molar-refractivity contribution in [2.24, 2.45) is 5.92 Å². The Morgan fingerprint density at radius 1 is 1.58 bits per heavy atom. The van der Waals surface area contributed by atoms with Crippen LogP contribution in [-0.4, -0.2) is 36.5 Å². The van der Waals surface area contributed by atoms with Crippen LogP contribution in [0.25, 0.3) is 0 Å². The second kappa shape index (κ2) is 6.15. The van der Waals surface area contributed by atoms with Crippen LogP contribution in [-0.2, 0) is 11.2 Å². The molecule has 1 amide bonds. The van der Waals surface area contributed by atoms with Crippen molar-refractivity contribution in [3.05, 3.63) is 35.6 Å². The molecule has 1 saturated heterocycles. The summed E-state index contributed by atoms with van der Waals surface area (Å²) in [6.07, 6.45) is 0.591. The van der Waals surface area contributed by atoms with E-state index in [0.29, 0.717) is 6.42 Å². The van der Waals surface area contributed by atoms with E-state index in [4.69, 9.17) is 0 Å². The van der Waals surface area contributed by atoms with Gasteiger partial charge in [0.05, 0.1) is 0 Å². The van der Waals surface area contributed by atoms with Gasteiger partial charge in [0.15, 0.2) is 0 Å². The van der Waals surface area contributed by atoms with E-state index in [9.17, 15) is 9.18 Å². The average Bonchev–Trinajstić information content (AvgIpc) is 2.38. The van der Waals surface area contributed by atoms with Crippen molar-refractivity contribution in [1.29, 1.82) is 0 Å². The maximum absolute atomic E-state index is 13.1. The van der Waals surface area contributed by atoms with Gasteiger partial charge in [-0.05, 0) is 31.0 Å². The van der Waals surface area contributed by atoms with E-state index in [1.165, 1.54) is 12.1 Å². The van der Waals surface area contributed by atoms with Crippen molar-refractivity contribution in [1.82, 2.24) is 10.2 Å². The summed E-state index contributed by atoms with van der Waals surface area (Å²) >= 11 is 0. The monoisotopic (exact) mass is 264 g/mol. The number of halogens is 1. The number of hydrogen-bond acceptors (Lipinski definition) is 2. The van der Waals surface area contributed by atoms with Crippen LogP contribution in [0.5, 0.6) is 0 Å². The number of piperazine rings is 1. The zero-order chi connectivity index (χ0) is 13.8. The van der Waals surface area contributed by atoms with Crippen molar-refractivity contribution in [2.45, 2.75) is 26.3 Å². The van der Waals surface area contributed by atoms with Crippen molar-refractivity contribution in [2.75, 3.05) is 19.6 Å². The minimum Gasteiger partial charge on any atom is -0.337 e. The first kappa shape index (κ1) is 14.0. The molecule has 1 fully saturated rings. The third-order valence-electron chi connectivity index (χ3n) is 3.64. The van der Waals surface area contributed by atoms with Crippen molar-refractivity contribution < 1.29 is 9.18 Å². The molecule has 0 aromatic heterocycles. The van der Waals surface area contributed by atoms with Gasteiger partial charge < -0.3 is 10.2 Å². The molecule has 1 aromatic rings. The molecule has 4 heteroatoms. The number of nitrogens with one attached hydrogen (secondary N) is 1. The number of amides is 1. The molecule has 0 saturated carbocycles. The topological polar surface area (TPSA) is 32.3 Å². The van der Waals surface area contributed by atoms with Crippen LogP contribution in [0, 0.1) is 11.7 Å². The largest absolute Gasteiger partial charge is 0.337 e. The maximum atomic E-state index is 13.1. The molecule has 19 heavy (non-hydrogen) atoms. The summed E-state index contributed by atoms with van der Waals surface area (Å²) in [5.41, 5.74) is 0.878. The highest BCUT2D eigenvalue weighted by atomic mass is 19.1. The van der Waals surface area contributed by atoms with Crippen LogP contribution < -0.4 is 5.32 Å². The SMILES string of the molecule is CC(Cc1cccc(F)c1)C(=O)N1CCNC[C@@H]1C. The van der Waals surface area contributed by atoms with E-state index in [1.807, 2.05) is 17.9 Å². The highest BCUT2D eigenvalue weighted by Crippen LogP contribution is 2.15. The lowest BCUT2D eigenvalue weighted by Gasteiger charge is -2.35. The summed E-state index contributed by atoms with van der Waals surface area (Å²) in [7, 11) is 0. The van der Waals surface area contributed by atoms with Gasteiger partial charge in [-0.25, -0.2) is 4.39 Å². The maximum Gasteiger partial charge on any atom is 0.226 e. The molecule has 1 aliphatic rings. The second-order valence-corrected chi connectivity index (χ2v) is 5.32. The highest BCUT2D eigenvalue weighted by Gasteiger charge is 2.26. The van der Waals surface area contributed by atoms with E-state index in [0.717, 1.165) is 25.2 Å². The van der Waals surface area contributed by atoms with Crippen LogP contribution in [0.1, 0.15) is 19.4 Å². The van der Waals surface area contributed by atoms with Gasteiger partial charge in [-0.15, -0.1) is 0 Å². The molecule has 0 radical (unpaired) electrons. The molecule has 1 unspecified atom stereocenters. The third kappa shape index (κ3) is 3.53. The molecule has 0 spiro atoms. The number of hydrogen-bond donors (Lipinski definition) is 1. The highest BCUT2D eigenvalue weighted by molar-refractivity contribution is 5.79. The first-order chi connectivity index (χ1) is 9.08. The van der Waals surface area contributed by atoms with Crippen molar-refractivity contribution in [3.63, 3.8) is 0 Å². The van der Waals surface area contributed by atoms with Crippen molar-refractivity contribution in [3.8, 4) is 0 Å². The first-order valence-corrected chi connectivity index (χ1v) is 6.83. The first-order valence-electron chi connectivity index (χ1n) is 6.83. The normalized spacial score (nSPS) is 21.2. The Kier molecular flexibility index (Phi) is 4.53. The molecule has 104 valence electrons. The van der Waals surface area contributed by atoms with Gasteiger partial charge in [-0.2, -0.15) is 0 Å². The molecule has 0 bridgehead atoms. The van der Waals surface area contributed by atoms with E-state index in [-0.39, 0.29) is 23.7 Å². The Morgan fingerprint density at radius 2 is 2.37 bits per heavy atom.